The van der Waals surface area contributed by atoms with E-state index in [-0.39, 0.29) is 6.54 Å². The number of amides is 2. The summed E-state index contributed by atoms with van der Waals surface area (Å²) in [5.74, 6) is 0. The third-order valence-electron chi connectivity index (χ3n) is 3.46. The summed E-state index contributed by atoms with van der Waals surface area (Å²) < 4.78 is 0. The molecule has 2 heterocycles. The van der Waals surface area contributed by atoms with Gasteiger partial charge in [0, 0.05) is 18.0 Å². The molecule has 106 valence electrons. The number of benzene rings is 1. The van der Waals surface area contributed by atoms with Crippen molar-refractivity contribution in [1.29, 1.82) is 0 Å². The number of carbonyl (C=O) groups is 1. The third-order valence-corrected chi connectivity index (χ3v) is 3.46. The molecule has 2 aromatic rings. The van der Waals surface area contributed by atoms with Crippen molar-refractivity contribution in [3.05, 3.63) is 64.9 Å². The van der Waals surface area contributed by atoms with E-state index in [9.17, 15) is 10.0 Å². The molecule has 1 aliphatic rings. The van der Waals surface area contributed by atoms with E-state index in [4.69, 9.17) is 5.73 Å². The first-order chi connectivity index (χ1) is 10.1. The van der Waals surface area contributed by atoms with Crippen LogP contribution in [0, 0.1) is 0 Å². The Balaban J connectivity index is 2.14. The number of fused-ring (bicyclic) bond motifs is 1. The van der Waals surface area contributed by atoms with E-state index in [2.05, 4.69) is 9.98 Å². The highest BCUT2D eigenvalue weighted by Crippen LogP contribution is 2.29. The van der Waals surface area contributed by atoms with E-state index in [0.29, 0.717) is 5.06 Å². The third kappa shape index (κ3) is 2.36. The average molecular weight is 282 g/mol. The molecule has 0 bridgehead atoms. The molecule has 6 nitrogen and oxygen atoms in total. The number of hydroxylamine groups is 2. The van der Waals surface area contributed by atoms with Crippen LogP contribution in [-0.4, -0.2) is 27.8 Å². The molecular formula is C15H14N4O2. The van der Waals surface area contributed by atoms with Gasteiger partial charge in [-0.1, -0.05) is 24.3 Å². The van der Waals surface area contributed by atoms with Crippen molar-refractivity contribution in [3.63, 3.8) is 0 Å². The second kappa shape index (κ2) is 4.99. The Hall–Kier alpha value is -2.73. The first kappa shape index (κ1) is 13.3. The smallest absolute Gasteiger partial charge is 0.338 e. The summed E-state index contributed by atoms with van der Waals surface area (Å²) in [5.41, 5.74) is 5.01. The lowest BCUT2D eigenvalue weighted by molar-refractivity contribution is -0.0488. The maximum atomic E-state index is 11.2. The number of aromatic nitrogens is 1. The molecule has 1 aromatic carbocycles. The topological polar surface area (TPSA) is 91.8 Å². The molecule has 2 amide bonds. The summed E-state index contributed by atoms with van der Waals surface area (Å²) in [4.78, 5) is 19.9. The van der Waals surface area contributed by atoms with Crippen molar-refractivity contribution < 1.29 is 10.0 Å². The number of urea groups is 1. The molecule has 1 atom stereocenters. The zero-order chi connectivity index (χ0) is 14.9. The summed E-state index contributed by atoms with van der Waals surface area (Å²) in [6.07, 6.45) is 5.23. The maximum absolute atomic E-state index is 11.2. The van der Waals surface area contributed by atoms with Gasteiger partial charge in [-0.25, -0.2) is 9.86 Å². The monoisotopic (exact) mass is 282 g/mol. The number of pyridine rings is 1. The molecule has 1 aromatic heterocycles. The lowest BCUT2D eigenvalue weighted by atomic mass is 9.92. The van der Waals surface area contributed by atoms with Gasteiger partial charge in [-0.2, -0.15) is 0 Å². The van der Waals surface area contributed by atoms with Crippen LogP contribution in [-0.2, 0) is 5.54 Å². The molecule has 1 aliphatic heterocycles. The molecule has 6 heteroatoms. The van der Waals surface area contributed by atoms with Gasteiger partial charge in [0.1, 0.15) is 5.54 Å². The fourth-order valence-electron chi connectivity index (χ4n) is 2.46. The van der Waals surface area contributed by atoms with Gasteiger partial charge in [0.05, 0.1) is 11.9 Å². The summed E-state index contributed by atoms with van der Waals surface area (Å²) in [5, 5.41) is 12.0. The number of nitrogens with two attached hydrogens (primary N) is 1. The van der Waals surface area contributed by atoms with Gasteiger partial charge in [-0.3, -0.25) is 15.2 Å². The van der Waals surface area contributed by atoms with E-state index >= 15 is 0 Å². The van der Waals surface area contributed by atoms with E-state index in [1.807, 2.05) is 36.4 Å². The van der Waals surface area contributed by atoms with Gasteiger partial charge in [-0.05, 0) is 23.4 Å². The molecule has 0 saturated carbocycles. The fourth-order valence-corrected chi connectivity index (χ4v) is 2.46. The van der Waals surface area contributed by atoms with Gasteiger partial charge >= 0.3 is 6.03 Å². The minimum Gasteiger partial charge on any atom is -0.350 e. The zero-order valence-corrected chi connectivity index (χ0v) is 11.2. The Morgan fingerprint density at radius 1 is 1.29 bits per heavy atom. The highest BCUT2D eigenvalue weighted by molar-refractivity contribution is 5.71. The van der Waals surface area contributed by atoms with Gasteiger partial charge < -0.3 is 5.73 Å². The van der Waals surface area contributed by atoms with Crippen LogP contribution in [0.2, 0.25) is 0 Å². The van der Waals surface area contributed by atoms with E-state index in [1.165, 1.54) is 0 Å². The van der Waals surface area contributed by atoms with Crippen LogP contribution in [0.1, 0.15) is 5.56 Å². The Bertz CT molecular complexity index is 754. The van der Waals surface area contributed by atoms with Crippen LogP contribution >= 0.6 is 0 Å². The normalized spacial score (nSPS) is 19.3. The Morgan fingerprint density at radius 2 is 2.10 bits per heavy atom. The van der Waals surface area contributed by atoms with Crippen molar-refractivity contribution in [1.82, 2.24) is 10.0 Å². The molecule has 0 aliphatic carbocycles. The summed E-state index contributed by atoms with van der Waals surface area (Å²) >= 11 is 0. The van der Waals surface area contributed by atoms with Crippen molar-refractivity contribution in [2.24, 2.45) is 10.7 Å². The van der Waals surface area contributed by atoms with Crippen molar-refractivity contribution >= 4 is 12.1 Å². The SMILES string of the molecule is NC(=O)N(O)CC1(c2cccnc2)C=c2ccccc2=N1. The first-order valence-electron chi connectivity index (χ1n) is 6.45. The van der Waals surface area contributed by atoms with Gasteiger partial charge in [0.2, 0.25) is 0 Å². The summed E-state index contributed by atoms with van der Waals surface area (Å²) in [6, 6.07) is 10.3. The average Bonchev–Trinajstić information content (AvgIpc) is 2.87. The lowest BCUT2D eigenvalue weighted by Crippen LogP contribution is -2.42. The van der Waals surface area contributed by atoms with E-state index in [0.717, 1.165) is 16.1 Å². The van der Waals surface area contributed by atoms with Crippen LogP contribution in [0.15, 0.2) is 53.8 Å². The second-order valence-corrected chi connectivity index (χ2v) is 4.88. The summed E-state index contributed by atoms with van der Waals surface area (Å²) in [6.45, 7) is -0.0668. The Labute approximate surface area is 120 Å². The molecule has 3 N–H and O–H groups in total. The van der Waals surface area contributed by atoms with Crippen LogP contribution in [0.3, 0.4) is 0 Å². The number of hydrogen-bond donors (Lipinski definition) is 2. The van der Waals surface area contributed by atoms with Crippen LogP contribution in [0.4, 0.5) is 4.79 Å². The standard InChI is InChI=1S/C15H14N4O2/c16-14(20)19(21)10-15(12-5-3-7-17-9-12)8-11-4-1-2-6-13(11)18-15/h1-9,21H,10H2,(H2,16,20). The fraction of sp³-hybridized carbons (Fsp3) is 0.133. The van der Waals surface area contributed by atoms with Crippen LogP contribution in [0.5, 0.6) is 0 Å². The quantitative estimate of drug-likeness (QED) is 0.620. The van der Waals surface area contributed by atoms with Gasteiger partial charge in [-0.15, -0.1) is 0 Å². The molecule has 21 heavy (non-hydrogen) atoms. The van der Waals surface area contributed by atoms with Crippen molar-refractivity contribution in [2.45, 2.75) is 5.54 Å². The number of carbonyl (C=O) groups excluding carboxylic acids is 1. The predicted molar refractivity (Wildman–Crippen MR) is 75.7 cm³/mol. The molecule has 0 fully saturated rings. The summed E-state index contributed by atoms with van der Waals surface area (Å²) in [7, 11) is 0. The van der Waals surface area contributed by atoms with Gasteiger partial charge in [0.15, 0.2) is 0 Å². The molecule has 3 rings (SSSR count). The maximum Gasteiger partial charge on any atom is 0.338 e. The van der Waals surface area contributed by atoms with Crippen molar-refractivity contribution in [3.8, 4) is 0 Å². The molecule has 0 radical (unpaired) electrons. The first-order valence-corrected chi connectivity index (χ1v) is 6.45. The molecular weight excluding hydrogens is 268 g/mol. The minimum absolute atomic E-state index is 0.0668. The Kier molecular flexibility index (Phi) is 3.15. The lowest BCUT2D eigenvalue weighted by Gasteiger charge is -2.27. The van der Waals surface area contributed by atoms with Gasteiger partial charge in [0.25, 0.3) is 0 Å². The largest absolute Gasteiger partial charge is 0.350 e. The van der Waals surface area contributed by atoms with E-state index in [1.54, 1.807) is 18.5 Å². The molecule has 1 unspecified atom stereocenters. The van der Waals surface area contributed by atoms with Crippen LogP contribution < -0.4 is 16.3 Å². The number of primary amides is 1. The zero-order valence-electron chi connectivity index (χ0n) is 11.2. The predicted octanol–water partition coefficient (Wildman–Crippen LogP) is 0.161. The molecule has 0 spiro atoms. The number of rotatable bonds is 3. The highest BCUT2D eigenvalue weighted by atomic mass is 16.5. The number of para-hydroxylation sites is 1. The minimum atomic E-state index is -0.919. The van der Waals surface area contributed by atoms with Crippen LogP contribution in [0.25, 0.3) is 6.08 Å². The van der Waals surface area contributed by atoms with E-state index < -0.39 is 11.6 Å². The molecule has 0 saturated heterocycles. The second-order valence-electron chi connectivity index (χ2n) is 4.88. The highest BCUT2D eigenvalue weighted by Gasteiger charge is 2.35. The number of nitrogens with zero attached hydrogens (tertiary/aromatic N) is 3. The van der Waals surface area contributed by atoms with Crippen molar-refractivity contribution in [2.75, 3.05) is 6.54 Å². The Morgan fingerprint density at radius 3 is 2.76 bits per heavy atom. The number of hydrogen-bond acceptors (Lipinski definition) is 4.